The highest BCUT2D eigenvalue weighted by Gasteiger charge is 2.13. The monoisotopic (exact) mass is 380 g/mol. The van der Waals surface area contributed by atoms with Crippen molar-refractivity contribution >= 4 is 28.7 Å². The van der Waals surface area contributed by atoms with Gasteiger partial charge in [0.25, 0.3) is 0 Å². The van der Waals surface area contributed by atoms with Crippen LogP contribution in [0.25, 0.3) is 11.0 Å². The van der Waals surface area contributed by atoms with Crippen LogP contribution < -0.4 is 10.6 Å². The number of rotatable bonds is 7. The second-order valence-electron chi connectivity index (χ2n) is 7.37. The number of nitrogens with zero attached hydrogens (tertiary/aromatic N) is 5. The van der Waals surface area contributed by atoms with Crippen LogP contribution in [0.3, 0.4) is 0 Å². The quantitative estimate of drug-likeness (QED) is 0.543. The molecule has 1 aliphatic heterocycles. The zero-order valence-electron chi connectivity index (χ0n) is 16.6. The maximum Gasteiger partial charge on any atom is 0.231 e. The number of likely N-dealkylation sites (N-methyl/N-ethyl adjacent to an activating group) is 1. The van der Waals surface area contributed by atoms with Gasteiger partial charge < -0.3 is 20.1 Å². The molecule has 0 spiro atoms. The van der Waals surface area contributed by atoms with Crippen LogP contribution in [0.2, 0.25) is 0 Å². The summed E-state index contributed by atoms with van der Waals surface area (Å²) in [6.07, 6.45) is 1.10. The van der Waals surface area contributed by atoms with Crippen LogP contribution in [0.1, 0.15) is 12.1 Å². The molecule has 2 aromatic heterocycles. The number of piperazine rings is 1. The van der Waals surface area contributed by atoms with E-state index in [-0.39, 0.29) is 0 Å². The highest BCUT2D eigenvalue weighted by Crippen LogP contribution is 2.17. The van der Waals surface area contributed by atoms with Gasteiger partial charge in [-0.1, -0.05) is 12.1 Å². The predicted molar refractivity (Wildman–Crippen MR) is 113 cm³/mol. The van der Waals surface area contributed by atoms with Crippen molar-refractivity contribution in [3.8, 4) is 0 Å². The Bertz CT molecular complexity index is 880. The molecule has 148 valence electrons. The first-order chi connectivity index (χ1) is 13.7. The second-order valence-corrected chi connectivity index (χ2v) is 7.37. The largest absolute Gasteiger partial charge is 0.370 e. The molecule has 4 rings (SSSR count). The van der Waals surface area contributed by atoms with Crippen molar-refractivity contribution in [3.63, 3.8) is 0 Å². The van der Waals surface area contributed by atoms with Gasteiger partial charge in [-0.3, -0.25) is 5.32 Å². The summed E-state index contributed by atoms with van der Waals surface area (Å²) in [4.78, 5) is 21.7. The van der Waals surface area contributed by atoms with Crippen molar-refractivity contribution in [2.75, 3.05) is 56.9 Å². The van der Waals surface area contributed by atoms with E-state index in [9.17, 15) is 0 Å². The van der Waals surface area contributed by atoms with E-state index in [1.165, 1.54) is 0 Å². The van der Waals surface area contributed by atoms with E-state index in [2.05, 4.69) is 47.4 Å². The second kappa shape index (κ2) is 8.53. The third-order valence-electron chi connectivity index (χ3n) is 5.03. The number of aromatic nitrogens is 4. The molecule has 8 heteroatoms. The minimum absolute atomic E-state index is 0.542. The highest BCUT2D eigenvalue weighted by molar-refractivity contribution is 5.77. The zero-order chi connectivity index (χ0) is 19.3. The van der Waals surface area contributed by atoms with Crippen LogP contribution in [-0.2, 0) is 0 Å². The van der Waals surface area contributed by atoms with Crippen molar-refractivity contribution < 1.29 is 0 Å². The first-order valence-electron chi connectivity index (χ1n) is 9.88. The van der Waals surface area contributed by atoms with Crippen LogP contribution in [-0.4, -0.2) is 76.1 Å². The first-order valence-corrected chi connectivity index (χ1v) is 9.88. The number of hydrogen-bond donors (Lipinski definition) is 3. The number of aromatic amines is 1. The molecule has 1 saturated heterocycles. The van der Waals surface area contributed by atoms with Gasteiger partial charge >= 0.3 is 0 Å². The Morgan fingerprint density at radius 1 is 1.07 bits per heavy atom. The first kappa shape index (κ1) is 18.6. The number of nitrogens with one attached hydrogen (secondary N) is 3. The third kappa shape index (κ3) is 4.76. The molecule has 8 nitrogen and oxygen atoms in total. The van der Waals surface area contributed by atoms with E-state index in [0.29, 0.717) is 11.9 Å². The molecule has 0 unspecified atom stereocenters. The topological polar surface area (TPSA) is 85.0 Å². The summed E-state index contributed by atoms with van der Waals surface area (Å²) in [7, 11) is 2.19. The molecule has 0 saturated carbocycles. The van der Waals surface area contributed by atoms with Crippen LogP contribution in [0, 0.1) is 6.92 Å². The lowest BCUT2D eigenvalue weighted by atomic mass is 10.3. The lowest BCUT2D eigenvalue weighted by molar-refractivity contribution is 0.154. The molecule has 3 N–H and O–H groups in total. The molecular weight excluding hydrogens is 352 g/mol. The molecule has 1 aliphatic rings. The standard InChI is InChI=1S/C20H28N8/c1-15-14-18(21-8-5-9-28-12-10-27(2)11-13-28)25-19(22-15)26-20-23-16-6-3-4-7-17(16)24-20/h3-4,6-7,14H,5,8-13H2,1-2H3,(H3,21,22,23,24,25,26). The smallest absolute Gasteiger partial charge is 0.231 e. The van der Waals surface area contributed by atoms with Gasteiger partial charge in [-0.2, -0.15) is 4.98 Å². The minimum Gasteiger partial charge on any atom is -0.370 e. The lowest BCUT2D eigenvalue weighted by Crippen LogP contribution is -2.44. The summed E-state index contributed by atoms with van der Waals surface area (Å²) in [6, 6.07) is 9.90. The Hall–Kier alpha value is -2.71. The Morgan fingerprint density at radius 2 is 1.89 bits per heavy atom. The average molecular weight is 381 g/mol. The number of anilines is 3. The number of aryl methyl sites for hydroxylation is 1. The summed E-state index contributed by atoms with van der Waals surface area (Å²) in [5.41, 5.74) is 2.81. The fraction of sp³-hybridized carbons (Fsp3) is 0.450. The molecule has 0 amide bonds. The lowest BCUT2D eigenvalue weighted by Gasteiger charge is -2.32. The predicted octanol–water partition coefficient (Wildman–Crippen LogP) is 2.45. The van der Waals surface area contributed by atoms with E-state index in [1.54, 1.807) is 0 Å². The third-order valence-corrected chi connectivity index (χ3v) is 5.03. The molecule has 0 bridgehead atoms. The maximum absolute atomic E-state index is 4.58. The maximum atomic E-state index is 4.58. The Labute approximate surface area is 165 Å². The van der Waals surface area contributed by atoms with Gasteiger partial charge in [-0.05, 0) is 39.1 Å². The Morgan fingerprint density at radius 3 is 2.71 bits per heavy atom. The number of H-pyrrole nitrogens is 1. The van der Waals surface area contributed by atoms with Crippen LogP contribution in [0.15, 0.2) is 30.3 Å². The number of hydrogen-bond acceptors (Lipinski definition) is 7. The van der Waals surface area contributed by atoms with Crippen LogP contribution in [0.4, 0.5) is 17.7 Å². The molecule has 1 fully saturated rings. The average Bonchev–Trinajstić information content (AvgIpc) is 3.08. The van der Waals surface area contributed by atoms with Gasteiger partial charge in [0, 0.05) is 44.5 Å². The van der Waals surface area contributed by atoms with E-state index < -0.39 is 0 Å². The summed E-state index contributed by atoms with van der Waals surface area (Å²) in [5.74, 6) is 2.03. The summed E-state index contributed by atoms with van der Waals surface area (Å²) in [6.45, 7) is 8.64. The number of fused-ring (bicyclic) bond motifs is 1. The van der Waals surface area contributed by atoms with E-state index in [1.807, 2.05) is 37.3 Å². The number of para-hydroxylation sites is 2. The molecule has 3 heterocycles. The summed E-state index contributed by atoms with van der Waals surface area (Å²) >= 11 is 0. The molecule has 0 aliphatic carbocycles. The molecule has 3 aromatic rings. The number of benzene rings is 1. The van der Waals surface area contributed by atoms with Gasteiger partial charge in [0.2, 0.25) is 11.9 Å². The van der Waals surface area contributed by atoms with Gasteiger partial charge in [-0.15, -0.1) is 0 Å². The van der Waals surface area contributed by atoms with E-state index in [4.69, 9.17) is 0 Å². The van der Waals surface area contributed by atoms with E-state index in [0.717, 1.165) is 68.2 Å². The van der Waals surface area contributed by atoms with Crippen molar-refractivity contribution in [1.29, 1.82) is 0 Å². The van der Waals surface area contributed by atoms with E-state index >= 15 is 0 Å². The zero-order valence-corrected chi connectivity index (χ0v) is 16.6. The Kier molecular flexibility index (Phi) is 5.68. The SMILES string of the molecule is Cc1cc(NCCCN2CCN(C)CC2)nc(Nc2nc3ccccc3[nH]2)n1. The molecule has 28 heavy (non-hydrogen) atoms. The fourth-order valence-corrected chi connectivity index (χ4v) is 3.42. The fourth-order valence-electron chi connectivity index (χ4n) is 3.42. The summed E-state index contributed by atoms with van der Waals surface area (Å²) < 4.78 is 0. The van der Waals surface area contributed by atoms with Gasteiger partial charge in [0.05, 0.1) is 11.0 Å². The molecule has 0 atom stereocenters. The van der Waals surface area contributed by atoms with Crippen molar-refractivity contribution in [2.45, 2.75) is 13.3 Å². The van der Waals surface area contributed by atoms with Gasteiger partial charge in [-0.25, -0.2) is 9.97 Å². The normalized spacial score (nSPS) is 15.8. The molecule has 0 radical (unpaired) electrons. The highest BCUT2D eigenvalue weighted by atomic mass is 15.2. The Balaban J connectivity index is 1.32. The van der Waals surface area contributed by atoms with Crippen molar-refractivity contribution in [2.24, 2.45) is 0 Å². The van der Waals surface area contributed by atoms with Crippen molar-refractivity contribution in [3.05, 3.63) is 36.0 Å². The van der Waals surface area contributed by atoms with Gasteiger partial charge in [0.15, 0.2) is 0 Å². The van der Waals surface area contributed by atoms with Crippen LogP contribution in [0.5, 0.6) is 0 Å². The van der Waals surface area contributed by atoms with Crippen molar-refractivity contribution in [1.82, 2.24) is 29.7 Å². The number of imidazole rings is 1. The molecular formula is C20H28N8. The summed E-state index contributed by atoms with van der Waals surface area (Å²) in [5, 5.41) is 6.61. The minimum atomic E-state index is 0.542. The molecule has 1 aromatic carbocycles. The van der Waals surface area contributed by atoms with Crippen LogP contribution >= 0.6 is 0 Å². The van der Waals surface area contributed by atoms with Gasteiger partial charge in [0.1, 0.15) is 5.82 Å².